The Bertz CT molecular complexity index is 864. The van der Waals surface area contributed by atoms with Gasteiger partial charge in [-0.2, -0.15) is 13.2 Å². The molecule has 1 atom stereocenters. The fourth-order valence-corrected chi connectivity index (χ4v) is 3.18. The molecule has 1 aliphatic heterocycles. The number of morpholine rings is 1. The Labute approximate surface area is 167 Å². The number of nitrogens with one attached hydrogen (secondary N) is 2. The molecule has 0 bridgehead atoms. The fraction of sp³-hybridized carbons (Fsp3) is 0.381. The third kappa shape index (κ3) is 5.41. The number of hydrogen-bond donors (Lipinski definition) is 2. The molecule has 2 aromatic rings. The highest BCUT2D eigenvalue weighted by Gasteiger charge is 2.32. The van der Waals surface area contributed by atoms with E-state index >= 15 is 0 Å². The summed E-state index contributed by atoms with van der Waals surface area (Å²) in [6, 6.07) is 10.3. The Morgan fingerprint density at radius 1 is 1.14 bits per heavy atom. The molecule has 0 saturated carbocycles. The molecule has 156 valence electrons. The second-order valence-electron chi connectivity index (χ2n) is 7.05. The lowest BCUT2D eigenvalue weighted by atomic mass is 10.1. The fourth-order valence-electron chi connectivity index (χ4n) is 3.18. The van der Waals surface area contributed by atoms with Crippen LogP contribution < -0.4 is 15.5 Å². The first-order valence-electron chi connectivity index (χ1n) is 9.42. The lowest BCUT2D eigenvalue weighted by Gasteiger charge is -2.31. The quantitative estimate of drug-likeness (QED) is 0.777. The van der Waals surface area contributed by atoms with Gasteiger partial charge in [-0.1, -0.05) is 12.1 Å². The number of halogens is 3. The summed E-state index contributed by atoms with van der Waals surface area (Å²) in [4.78, 5) is 14.6. The number of alkyl halides is 3. The molecule has 0 radical (unpaired) electrons. The van der Waals surface area contributed by atoms with Crippen molar-refractivity contribution in [2.75, 3.05) is 41.8 Å². The first-order chi connectivity index (χ1) is 13.7. The van der Waals surface area contributed by atoms with Crippen LogP contribution in [0, 0.1) is 6.92 Å². The van der Waals surface area contributed by atoms with Crippen molar-refractivity contribution in [3.05, 3.63) is 53.6 Å². The molecule has 0 unspecified atom stereocenters. The third-order valence-corrected chi connectivity index (χ3v) is 4.73. The Morgan fingerprint density at radius 3 is 2.52 bits per heavy atom. The standard InChI is InChI=1S/C21H24F3N3O2/c1-14-4-3-5-17(12-14)25-15(2)20(28)26-18-13-16(21(22,23)24)6-7-19(18)27-8-10-29-11-9-27/h3-7,12-13,15,25H,8-11H2,1-2H3,(H,26,28)/t15-/m0/s1. The van der Waals surface area contributed by atoms with E-state index < -0.39 is 23.7 Å². The summed E-state index contributed by atoms with van der Waals surface area (Å²) >= 11 is 0. The first kappa shape index (κ1) is 21.0. The zero-order valence-electron chi connectivity index (χ0n) is 16.3. The topological polar surface area (TPSA) is 53.6 Å². The number of ether oxygens (including phenoxy) is 1. The lowest BCUT2D eigenvalue weighted by molar-refractivity contribution is -0.137. The second kappa shape index (κ2) is 8.73. The van der Waals surface area contributed by atoms with Crippen molar-refractivity contribution in [1.82, 2.24) is 0 Å². The van der Waals surface area contributed by atoms with Gasteiger partial charge in [-0.25, -0.2) is 0 Å². The summed E-state index contributed by atoms with van der Waals surface area (Å²) in [5, 5.41) is 5.75. The Hall–Kier alpha value is -2.74. The van der Waals surface area contributed by atoms with Crippen LogP contribution in [0.2, 0.25) is 0 Å². The number of carbonyl (C=O) groups excluding carboxylic acids is 1. The molecule has 29 heavy (non-hydrogen) atoms. The van der Waals surface area contributed by atoms with Gasteiger partial charge in [-0.15, -0.1) is 0 Å². The van der Waals surface area contributed by atoms with E-state index in [1.54, 1.807) is 6.92 Å². The van der Waals surface area contributed by atoms with Crippen molar-refractivity contribution in [2.45, 2.75) is 26.1 Å². The number of rotatable bonds is 5. The van der Waals surface area contributed by atoms with E-state index in [0.29, 0.717) is 32.0 Å². The molecule has 2 N–H and O–H groups in total. The highest BCUT2D eigenvalue weighted by Crippen LogP contribution is 2.36. The van der Waals surface area contributed by atoms with Crippen LogP contribution in [0.25, 0.3) is 0 Å². The molecule has 8 heteroatoms. The molecule has 0 aromatic heterocycles. The number of carbonyl (C=O) groups is 1. The van der Waals surface area contributed by atoms with E-state index in [9.17, 15) is 18.0 Å². The average molecular weight is 407 g/mol. The predicted octanol–water partition coefficient (Wildman–Crippen LogP) is 4.29. The van der Waals surface area contributed by atoms with Gasteiger partial charge in [0.1, 0.15) is 6.04 Å². The van der Waals surface area contributed by atoms with Gasteiger partial charge in [0.15, 0.2) is 0 Å². The molecule has 5 nitrogen and oxygen atoms in total. The maximum atomic E-state index is 13.2. The Morgan fingerprint density at radius 2 is 1.86 bits per heavy atom. The number of aryl methyl sites for hydroxylation is 1. The van der Waals surface area contributed by atoms with Crippen LogP contribution in [0.15, 0.2) is 42.5 Å². The van der Waals surface area contributed by atoms with Gasteiger partial charge in [0.05, 0.1) is 30.2 Å². The number of nitrogens with zero attached hydrogens (tertiary/aromatic N) is 1. The zero-order valence-corrected chi connectivity index (χ0v) is 16.3. The van der Waals surface area contributed by atoms with Gasteiger partial charge in [-0.3, -0.25) is 4.79 Å². The van der Waals surface area contributed by atoms with E-state index in [1.165, 1.54) is 6.07 Å². The van der Waals surface area contributed by atoms with Crippen molar-refractivity contribution in [3.8, 4) is 0 Å². The van der Waals surface area contributed by atoms with Crippen LogP contribution in [0.3, 0.4) is 0 Å². The number of amides is 1. The molecule has 1 aliphatic rings. The van der Waals surface area contributed by atoms with Crippen molar-refractivity contribution in [1.29, 1.82) is 0 Å². The summed E-state index contributed by atoms with van der Waals surface area (Å²) < 4.78 is 44.9. The van der Waals surface area contributed by atoms with E-state index in [1.807, 2.05) is 36.1 Å². The van der Waals surface area contributed by atoms with Gasteiger partial charge in [-0.05, 0) is 49.7 Å². The minimum Gasteiger partial charge on any atom is -0.378 e. The monoisotopic (exact) mass is 407 g/mol. The van der Waals surface area contributed by atoms with Crippen LogP contribution in [0.1, 0.15) is 18.1 Å². The minimum absolute atomic E-state index is 0.143. The Balaban J connectivity index is 1.81. The smallest absolute Gasteiger partial charge is 0.378 e. The second-order valence-corrected chi connectivity index (χ2v) is 7.05. The number of benzene rings is 2. The molecule has 3 rings (SSSR count). The van der Waals surface area contributed by atoms with Crippen LogP contribution in [0.4, 0.5) is 30.2 Å². The van der Waals surface area contributed by atoms with E-state index in [0.717, 1.165) is 23.4 Å². The molecule has 1 heterocycles. The SMILES string of the molecule is Cc1cccc(N[C@@H](C)C(=O)Nc2cc(C(F)(F)F)ccc2N2CCOCC2)c1. The Kier molecular flexibility index (Phi) is 6.32. The molecule has 0 aliphatic carbocycles. The average Bonchev–Trinajstić information content (AvgIpc) is 2.68. The number of anilines is 3. The lowest BCUT2D eigenvalue weighted by Crippen LogP contribution is -2.37. The third-order valence-electron chi connectivity index (χ3n) is 4.73. The summed E-state index contributed by atoms with van der Waals surface area (Å²) in [6.07, 6.45) is -4.49. The molecular formula is C21H24F3N3O2. The largest absolute Gasteiger partial charge is 0.416 e. The minimum atomic E-state index is -4.49. The molecule has 2 aromatic carbocycles. The van der Waals surface area contributed by atoms with Crippen LogP contribution in [0.5, 0.6) is 0 Å². The van der Waals surface area contributed by atoms with Crippen LogP contribution in [-0.4, -0.2) is 38.3 Å². The van der Waals surface area contributed by atoms with E-state index in [4.69, 9.17) is 4.74 Å². The highest BCUT2D eigenvalue weighted by atomic mass is 19.4. The van der Waals surface area contributed by atoms with Gasteiger partial charge in [0.2, 0.25) is 5.91 Å². The zero-order chi connectivity index (χ0) is 21.0. The summed E-state index contributed by atoms with van der Waals surface area (Å²) in [5.74, 6) is -0.416. The van der Waals surface area contributed by atoms with Gasteiger partial charge >= 0.3 is 6.18 Å². The molecule has 1 fully saturated rings. The van der Waals surface area contributed by atoms with Gasteiger partial charge in [0.25, 0.3) is 0 Å². The number of hydrogen-bond acceptors (Lipinski definition) is 4. The van der Waals surface area contributed by atoms with Crippen molar-refractivity contribution in [3.63, 3.8) is 0 Å². The van der Waals surface area contributed by atoms with Crippen molar-refractivity contribution in [2.24, 2.45) is 0 Å². The molecule has 1 amide bonds. The summed E-state index contributed by atoms with van der Waals surface area (Å²) in [7, 11) is 0. The van der Waals surface area contributed by atoms with E-state index in [2.05, 4.69) is 10.6 Å². The molecular weight excluding hydrogens is 383 g/mol. The highest BCUT2D eigenvalue weighted by molar-refractivity contribution is 5.99. The molecule has 1 saturated heterocycles. The van der Waals surface area contributed by atoms with Crippen LogP contribution >= 0.6 is 0 Å². The van der Waals surface area contributed by atoms with Crippen molar-refractivity contribution < 1.29 is 22.7 Å². The normalized spacial score (nSPS) is 15.7. The van der Waals surface area contributed by atoms with Gasteiger partial charge < -0.3 is 20.3 Å². The maximum Gasteiger partial charge on any atom is 0.416 e. The molecule has 0 spiro atoms. The van der Waals surface area contributed by atoms with Crippen molar-refractivity contribution >= 4 is 23.0 Å². The first-order valence-corrected chi connectivity index (χ1v) is 9.42. The van der Waals surface area contributed by atoms with Gasteiger partial charge in [0, 0.05) is 18.8 Å². The maximum absolute atomic E-state index is 13.2. The predicted molar refractivity (Wildman–Crippen MR) is 107 cm³/mol. The summed E-state index contributed by atoms with van der Waals surface area (Å²) in [6.45, 7) is 5.67. The summed E-state index contributed by atoms with van der Waals surface area (Å²) in [5.41, 5.74) is 1.70. The van der Waals surface area contributed by atoms with Crippen LogP contribution in [-0.2, 0) is 15.7 Å². The van der Waals surface area contributed by atoms with E-state index in [-0.39, 0.29) is 5.69 Å².